The van der Waals surface area contributed by atoms with Gasteiger partial charge in [0, 0.05) is 22.5 Å². The highest BCUT2D eigenvalue weighted by Crippen LogP contribution is 2.25. The maximum atomic E-state index is 12.8. The number of ether oxygens (including phenoxy) is 2. The SMILES string of the molecule is Cc1nn(-c2ccc(Oc3ccc(NC(=O)C(C)(C)Oc4ccc(Cl)cc4)cc3)nn2)c(C)c1C. The van der Waals surface area contributed by atoms with Crippen LogP contribution in [0.2, 0.25) is 5.02 Å². The van der Waals surface area contributed by atoms with Crippen LogP contribution in [0.15, 0.2) is 60.7 Å². The second kappa shape index (κ2) is 9.76. The molecule has 0 aliphatic rings. The van der Waals surface area contributed by atoms with Crippen LogP contribution in [0.4, 0.5) is 5.69 Å². The molecule has 2 aromatic carbocycles. The third-order valence-electron chi connectivity index (χ3n) is 5.56. The summed E-state index contributed by atoms with van der Waals surface area (Å²) in [7, 11) is 0. The van der Waals surface area contributed by atoms with Gasteiger partial charge < -0.3 is 14.8 Å². The largest absolute Gasteiger partial charge is 0.478 e. The monoisotopic (exact) mass is 491 g/mol. The molecule has 0 radical (unpaired) electrons. The predicted octanol–water partition coefficient (Wildman–Crippen LogP) is 5.83. The molecule has 2 heterocycles. The van der Waals surface area contributed by atoms with Gasteiger partial charge in [0.15, 0.2) is 11.4 Å². The van der Waals surface area contributed by atoms with Crippen LogP contribution in [-0.2, 0) is 4.79 Å². The summed E-state index contributed by atoms with van der Waals surface area (Å²) >= 11 is 5.90. The zero-order chi connectivity index (χ0) is 25.2. The number of nitrogens with zero attached hydrogens (tertiary/aromatic N) is 4. The molecule has 0 atom stereocenters. The van der Waals surface area contributed by atoms with Crippen LogP contribution in [0.1, 0.15) is 30.8 Å². The Hall–Kier alpha value is -3.91. The Morgan fingerprint density at radius 1 is 0.914 bits per heavy atom. The van der Waals surface area contributed by atoms with Gasteiger partial charge in [-0.25, -0.2) is 4.68 Å². The van der Waals surface area contributed by atoms with E-state index in [4.69, 9.17) is 21.1 Å². The van der Waals surface area contributed by atoms with Gasteiger partial charge in [-0.15, -0.1) is 10.2 Å². The smallest absolute Gasteiger partial charge is 0.267 e. The highest BCUT2D eigenvalue weighted by Gasteiger charge is 2.30. The van der Waals surface area contributed by atoms with Crippen molar-refractivity contribution in [3.05, 3.63) is 82.6 Å². The van der Waals surface area contributed by atoms with Gasteiger partial charge in [0.1, 0.15) is 11.5 Å². The topological polar surface area (TPSA) is 91.2 Å². The second-order valence-electron chi connectivity index (χ2n) is 8.58. The number of aryl methyl sites for hydroxylation is 1. The minimum atomic E-state index is -1.09. The summed E-state index contributed by atoms with van der Waals surface area (Å²) in [6, 6.07) is 17.4. The van der Waals surface area contributed by atoms with Crippen molar-refractivity contribution in [1.82, 2.24) is 20.0 Å². The molecule has 0 spiro atoms. The Kier molecular flexibility index (Phi) is 6.75. The molecule has 4 rings (SSSR count). The highest BCUT2D eigenvalue weighted by molar-refractivity contribution is 6.30. The molecule has 0 unspecified atom stereocenters. The van der Waals surface area contributed by atoms with Gasteiger partial charge in [-0.3, -0.25) is 4.79 Å². The molecule has 4 aromatic rings. The predicted molar refractivity (Wildman–Crippen MR) is 135 cm³/mol. The molecular formula is C26H26ClN5O3. The van der Waals surface area contributed by atoms with E-state index in [-0.39, 0.29) is 5.91 Å². The van der Waals surface area contributed by atoms with E-state index in [1.54, 1.807) is 79.2 Å². The molecule has 1 amide bonds. The number of carbonyl (C=O) groups is 1. The standard InChI is InChI=1S/C26H26ClN5O3/c1-16-17(2)31-32(18(16)3)23-14-15-24(30-29-23)34-21-12-8-20(9-13-21)28-25(33)26(4,5)35-22-10-6-19(27)7-11-22/h6-15H,1-5H3,(H,28,33). The van der Waals surface area contributed by atoms with Crippen molar-refractivity contribution in [2.24, 2.45) is 0 Å². The number of nitrogens with one attached hydrogen (secondary N) is 1. The van der Waals surface area contributed by atoms with E-state index in [0.29, 0.717) is 33.9 Å². The van der Waals surface area contributed by atoms with Gasteiger partial charge >= 0.3 is 0 Å². The lowest BCUT2D eigenvalue weighted by Gasteiger charge is -2.25. The Balaban J connectivity index is 1.37. The van der Waals surface area contributed by atoms with Crippen LogP contribution in [-0.4, -0.2) is 31.5 Å². The molecule has 0 aliphatic carbocycles. The summed E-state index contributed by atoms with van der Waals surface area (Å²) in [6.45, 7) is 9.38. The summed E-state index contributed by atoms with van der Waals surface area (Å²) in [6.07, 6.45) is 0. The molecule has 0 aliphatic heterocycles. The maximum absolute atomic E-state index is 12.8. The van der Waals surface area contributed by atoms with Crippen molar-refractivity contribution in [2.45, 2.75) is 40.2 Å². The average molecular weight is 492 g/mol. The van der Waals surface area contributed by atoms with Gasteiger partial charge in [0.2, 0.25) is 5.88 Å². The van der Waals surface area contributed by atoms with Crippen LogP contribution >= 0.6 is 11.6 Å². The van der Waals surface area contributed by atoms with E-state index in [1.807, 2.05) is 20.8 Å². The quantitative estimate of drug-likeness (QED) is 0.350. The summed E-state index contributed by atoms with van der Waals surface area (Å²) in [4.78, 5) is 12.8. The summed E-state index contributed by atoms with van der Waals surface area (Å²) < 4.78 is 13.4. The van der Waals surface area contributed by atoms with Crippen molar-refractivity contribution >= 4 is 23.2 Å². The number of carbonyl (C=O) groups excluding carboxylic acids is 1. The Morgan fingerprint density at radius 3 is 2.14 bits per heavy atom. The molecule has 35 heavy (non-hydrogen) atoms. The molecule has 1 N–H and O–H groups in total. The zero-order valence-electron chi connectivity index (χ0n) is 20.2. The first kappa shape index (κ1) is 24.2. The molecule has 8 nitrogen and oxygen atoms in total. The van der Waals surface area contributed by atoms with E-state index >= 15 is 0 Å². The Labute approximate surface area is 208 Å². The van der Waals surface area contributed by atoms with E-state index in [0.717, 1.165) is 17.0 Å². The fraction of sp³-hybridized carbons (Fsp3) is 0.231. The maximum Gasteiger partial charge on any atom is 0.267 e. The molecule has 2 aromatic heterocycles. The minimum Gasteiger partial charge on any atom is -0.478 e. The van der Waals surface area contributed by atoms with Gasteiger partial charge in [-0.1, -0.05) is 11.6 Å². The van der Waals surface area contributed by atoms with E-state index in [9.17, 15) is 4.79 Å². The van der Waals surface area contributed by atoms with Crippen molar-refractivity contribution < 1.29 is 14.3 Å². The lowest BCUT2D eigenvalue weighted by molar-refractivity contribution is -0.128. The van der Waals surface area contributed by atoms with Crippen LogP contribution in [0.5, 0.6) is 17.4 Å². The van der Waals surface area contributed by atoms with Gasteiger partial charge in [0.05, 0.1) is 5.69 Å². The van der Waals surface area contributed by atoms with E-state index in [1.165, 1.54) is 0 Å². The summed E-state index contributed by atoms with van der Waals surface area (Å²) in [5.41, 5.74) is 2.61. The third-order valence-corrected chi connectivity index (χ3v) is 5.82. The molecule has 0 bridgehead atoms. The van der Waals surface area contributed by atoms with E-state index in [2.05, 4.69) is 20.6 Å². The zero-order valence-corrected chi connectivity index (χ0v) is 20.9. The number of rotatable bonds is 7. The lowest BCUT2D eigenvalue weighted by Crippen LogP contribution is -2.42. The first-order valence-electron chi connectivity index (χ1n) is 11.0. The van der Waals surface area contributed by atoms with Crippen LogP contribution in [0.3, 0.4) is 0 Å². The number of hydrogen-bond acceptors (Lipinski definition) is 6. The number of halogens is 1. The summed E-state index contributed by atoms with van der Waals surface area (Å²) in [5.74, 6) is 1.79. The molecular weight excluding hydrogens is 466 g/mol. The Morgan fingerprint density at radius 2 is 1.57 bits per heavy atom. The Bertz CT molecular complexity index is 1330. The van der Waals surface area contributed by atoms with Crippen molar-refractivity contribution in [1.29, 1.82) is 0 Å². The molecule has 0 saturated carbocycles. The number of amides is 1. The van der Waals surface area contributed by atoms with Gasteiger partial charge in [-0.05, 0) is 94.8 Å². The lowest BCUT2D eigenvalue weighted by atomic mass is 10.1. The van der Waals surface area contributed by atoms with Crippen LogP contribution in [0, 0.1) is 20.8 Å². The number of hydrogen-bond donors (Lipinski definition) is 1. The van der Waals surface area contributed by atoms with Crippen LogP contribution < -0.4 is 14.8 Å². The number of aromatic nitrogens is 4. The first-order valence-corrected chi connectivity index (χ1v) is 11.4. The van der Waals surface area contributed by atoms with E-state index < -0.39 is 5.60 Å². The van der Waals surface area contributed by atoms with Gasteiger partial charge in [-0.2, -0.15) is 5.10 Å². The van der Waals surface area contributed by atoms with Crippen LogP contribution in [0.25, 0.3) is 5.82 Å². The van der Waals surface area contributed by atoms with Crippen molar-refractivity contribution in [2.75, 3.05) is 5.32 Å². The molecule has 0 saturated heterocycles. The molecule has 0 fully saturated rings. The van der Waals surface area contributed by atoms with Crippen molar-refractivity contribution in [3.8, 4) is 23.2 Å². The third kappa shape index (κ3) is 5.60. The van der Waals surface area contributed by atoms with Gasteiger partial charge in [0.25, 0.3) is 5.91 Å². The molecule has 180 valence electrons. The molecule has 9 heteroatoms. The fourth-order valence-electron chi connectivity index (χ4n) is 3.28. The summed E-state index contributed by atoms with van der Waals surface area (Å²) in [5, 5.41) is 16.3. The fourth-order valence-corrected chi connectivity index (χ4v) is 3.40. The second-order valence-corrected chi connectivity index (χ2v) is 9.02. The number of anilines is 1. The normalized spacial score (nSPS) is 11.3. The minimum absolute atomic E-state index is 0.290. The average Bonchev–Trinajstić information content (AvgIpc) is 3.09. The van der Waals surface area contributed by atoms with Crippen molar-refractivity contribution in [3.63, 3.8) is 0 Å². The highest BCUT2D eigenvalue weighted by atomic mass is 35.5. The number of benzene rings is 2. The first-order chi connectivity index (χ1) is 16.6.